The number of benzene rings is 1. The zero-order valence-electron chi connectivity index (χ0n) is 18.9. The van der Waals surface area contributed by atoms with Gasteiger partial charge in [-0.1, -0.05) is 26.0 Å². The summed E-state index contributed by atoms with van der Waals surface area (Å²) in [7, 11) is 1.62. The number of hydrogen-bond donors (Lipinski definition) is 2. The van der Waals surface area contributed by atoms with Crippen molar-refractivity contribution in [3.63, 3.8) is 0 Å². The number of nitrogens with zero attached hydrogens (tertiary/aromatic N) is 3. The highest BCUT2D eigenvalue weighted by molar-refractivity contribution is 6.00. The number of hydrogen-bond acceptors (Lipinski definition) is 5. The van der Waals surface area contributed by atoms with Crippen LogP contribution in [-0.2, 0) is 19.3 Å². The van der Waals surface area contributed by atoms with Crippen LogP contribution in [0.4, 0.5) is 13.2 Å². The van der Waals surface area contributed by atoms with Gasteiger partial charge in [0.15, 0.2) is 0 Å². The predicted octanol–water partition coefficient (Wildman–Crippen LogP) is 4.65. The second kappa shape index (κ2) is 10.2. The summed E-state index contributed by atoms with van der Waals surface area (Å²) in [5.74, 6) is -0.0314. The number of pyridine rings is 1. The van der Waals surface area contributed by atoms with Crippen LogP contribution >= 0.6 is 0 Å². The van der Waals surface area contributed by atoms with Crippen LogP contribution in [0.1, 0.15) is 59.1 Å². The normalized spacial score (nSPS) is 16.7. The minimum Gasteiger partial charge on any atom is -0.347 e. The standard InChI is InChI=1S/C24H28F3N5O/c1-15(2)22-21-18(10-17(11-30-21)23(33)31-12-20(29-3)8-9-28)14-32(22)13-16-4-6-19(7-5-16)24(25,26)27/h4-7,9-11,15,22,28H,8,12-14H2,1-3H3,(H,31,33). The maximum atomic E-state index is 12.9. The van der Waals surface area contributed by atoms with Gasteiger partial charge in [-0.3, -0.25) is 19.7 Å². The quantitative estimate of drug-likeness (QED) is 0.564. The van der Waals surface area contributed by atoms with Gasteiger partial charge >= 0.3 is 6.18 Å². The van der Waals surface area contributed by atoms with Crippen LogP contribution < -0.4 is 5.32 Å². The van der Waals surface area contributed by atoms with Gasteiger partial charge in [-0.05, 0) is 35.2 Å². The monoisotopic (exact) mass is 459 g/mol. The number of rotatable bonds is 8. The van der Waals surface area contributed by atoms with Gasteiger partial charge in [0.05, 0.1) is 29.4 Å². The molecule has 9 heteroatoms. The third-order valence-electron chi connectivity index (χ3n) is 5.72. The molecule has 1 aliphatic rings. The summed E-state index contributed by atoms with van der Waals surface area (Å²) in [6.45, 7) is 5.46. The van der Waals surface area contributed by atoms with Gasteiger partial charge in [0, 0.05) is 44.7 Å². The van der Waals surface area contributed by atoms with E-state index in [9.17, 15) is 18.0 Å². The SMILES string of the molecule is CN=C(CC=N)CNC(=O)c1cnc2c(c1)CN(Cc1ccc(C(F)(F)F)cc1)C2C(C)C. The van der Waals surface area contributed by atoms with Crippen molar-refractivity contribution in [2.45, 2.75) is 45.6 Å². The maximum absolute atomic E-state index is 12.9. The van der Waals surface area contributed by atoms with Crippen molar-refractivity contribution in [2.75, 3.05) is 13.6 Å². The molecule has 0 radical (unpaired) electrons. The minimum absolute atomic E-state index is 0.00539. The number of fused-ring (bicyclic) bond motifs is 1. The third kappa shape index (κ3) is 5.84. The van der Waals surface area contributed by atoms with Crippen LogP contribution in [0, 0.1) is 11.3 Å². The minimum atomic E-state index is -4.35. The molecule has 3 rings (SSSR count). The lowest BCUT2D eigenvalue weighted by molar-refractivity contribution is -0.137. The Morgan fingerprint density at radius 2 is 2.03 bits per heavy atom. The van der Waals surface area contributed by atoms with Gasteiger partial charge in [0.1, 0.15) is 0 Å². The van der Waals surface area contributed by atoms with Crippen molar-refractivity contribution >= 4 is 17.8 Å². The molecule has 0 saturated carbocycles. The van der Waals surface area contributed by atoms with Gasteiger partial charge in [-0.25, -0.2) is 0 Å². The lowest BCUT2D eigenvalue weighted by atomic mass is 9.99. The molecule has 2 heterocycles. The lowest BCUT2D eigenvalue weighted by Crippen LogP contribution is -2.30. The van der Waals surface area contributed by atoms with Crippen molar-refractivity contribution in [1.29, 1.82) is 5.41 Å². The van der Waals surface area contributed by atoms with E-state index in [1.54, 1.807) is 13.2 Å². The number of aliphatic imine (C=N–C) groups is 1. The molecule has 0 fully saturated rings. The Labute approximate surface area is 191 Å². The fourth-order valence-corrected chi connectivity index (χ4v) is 4.10. The van der Waals surface area contributed by atoms with E-state index in [2.05, 4.69) is 34.0 Å². The smallest absolute Gasteiger partial charge is 0.347 e. The van der Waals surface area contributed by atoms with E-state index in [0.29, 0.717) is 30.8 Å². The number of carbonyl (C=O) groups is 1. The topological polar surface area (TPSA) is 81.4 Å². The zero-order chi connectivity index (χ0) is 24.2. The summed E-state index contributed by atoms with van der Waals surface area (Å²) in [5, 5.41) is 9.99. The van der Waals surface area contributed by atoms with E-state index < -0.39 is 11.7 Å². The van der Waals surface area contributed by atoms with Crippen molar-refractivity contribution < 1.29 is 18.0 Å². The Morgan fingerprint density at radius 1 is 1.33 bits per heavy atom. The second-order valence-electron chi connectivity index (χ2n) is 8.44. The summed E-state index contributed by atoms with van der Waals surface area (Å²) in [6, 6.07) is 7.07. The molecule has 0 bridgehead atoms. The Hall–Kier alpha value is -3.07. The average Bonchev–Trinajstić information content (AvgIpc) is 3.13. The fraction of sp³-hybridized carbons (Fsp3) is 0.417. The third-order valence-corrected chi connectivity index (χ3v) is 5.72. The second-order valence-corrected chi connectivity index (χ2v) is 8.44. The Kier molecular flexibility index (Phi) is 7.63. The highest BCUT2D eigenvalue weighted by Gasteiger charge is 2.35. The van der Waals surface area contributed by atoms with Gasteiger partial charge in [-0.2, -0.15) is 13.2 Å². The highest BCUT2D eigenvalue weighted by atomic mass is 19.4. The van der Waals surface area contributed by atoms with Crippen molar-refractivity contribution in [3.05, 3.63) is 64.5 Å². The van der Waals surface area contributed by atoms with Crippen LogP contribution in [-0.4, -0.2) is 41.3 Å². The van der Waals surface area contributed by atoms with Crippen molar-refractivity contribution in [3.8, 4) is 0 Å². The van der Waals surface area contributed by atoms with E-state index in [1.807, 2.05) is 6.07 Å². The first-order valence-electron chi connectivity index (χ1n) is 10.7. The predicted molar refractivity (Wildman–Crippen MR) is 122 cm³/mol. The first-order chi connectivity index (χ1) is 15.6. The molecular formula is C24H28F3N5O. The zero-order valence-corrected chi connectivity index (χ0v) is 18.9. The Balaban J connectivity index is 1.75. The number of carbonyl (C=O) groups excluding carboxylic acids is 1. The Morgan fingerprint density at radius 3 is 2.61 bits per heavy atom. The van der Waals surface area contributed by atoms with E-state index in [4.69, 9.17) is 5.41 Å². The molecular weight excluding hydrogens is 431 g/mol. The summed E-state index contributed by atoms with van der Waals surface area (Å²) in [5.41, 5.74) is 3.11. The van der Waals surface area contributed by atoms with Crippen LogP contribution in [0.5, 0.6) is 0 Å². The number of nitrogens with one attached hydrogen (secondary N) is 2. The Bertz CT molecular complexity index is 1030. The largest absolute Gasteiger partial charge is 0.416 e. The molecule has 1 aromatic heterocycles. The van der Waals surface area contributed by atoms with Crippen LogP contribution in [0.15, 0.2) is 41.5 Å². The summed E-state index contributed by atoms with van der Waals surface area (Å²) in [4.78, 5) is 23.4. The van der Waals surface area contributed by atoms with Crippen molar-refractivity contribution in [2.24, 2.45) is 10.9 Å². The number of amides is 1. The molecule has 1 amide bonds. The average molecular weight is 460 g/mol. The molecule has 2 aromatic rings. The highest BCUT2D eigenvalue weighted by Crippen LogP contribution is 2.39. The molecule has 0 spiro atoms. The fourth-order valence-electron chi connectivity index (χ4n) is 4.10. The lowest BCUT2D eigenvalue weighted by Gasteiger charge is -2.27. The van der Waals surface area contributed by atoms with Gasteiger partial charge in [-0.15, -0.1) is 0 Å². The first-order valence-corrected chi connectivity index (χ1v) is 10.7. The van der Waals surface area contributed by atoms with E-state index in [1.165, 1.54) is 18.3 Å². The summed E-state index contributed by atoms with van der Waals surface area (Å²) >= 11 is 0. The van der Waals surface area contributed by atoms with Crippen molar-refractivity contribution in [1.82, 2.24) is 15.2 Å². The van der Waals surface area contributed by atoms with Gasteiger partial charge in [0.25, 0.3) is 5.91 Å². The molecule has 1 unspecified atom stereocenters. The number of halogens is 3. The first kappa shape index (κ1) is 24.6. The maximum Gasteiger partial charge on any atom is 0.416 e. The number of aromatic nitrogens is 1. The van der Waals surface area contributed by atoms with E-state index >= 15 is 0 Å². The van der Waals surface area contributed by atoms with Crippen LogP contribution in [0.25, 0.3) is 0 Å². The van der Waals surface area contributed by atoms with E-state index in [-0.39, 0.29) is 24.4 Å². The van der Waals surface area contributed by atoms with Gasteiger partial charge in [0.2, 0.25) is 0 Å². The van der Waals surface area contributed by atoms with Crippen LogP contribution in [0.2, 0.25) is 0 Å². The molecule has 0 aliphatic carbocycles. The van der Waals surface area contributed by atoms with E-state index in [0.717, 1.165) is 29.0 Å². The summed E-state index contributed by atoms with van der Waals surface area (Å²) in [6.07, 6.45) is -1.17. The molecule has 1 aromatic carbocycles. The molecule has 2 N–H and O–H groups in total. The van der Waals surface area contributed by atoms with Gasteiger partial charge < -0.3 is 10.7 Å². The molecule has 0 saturated heterocycles. The molecule has 6 nitrogen and oxygen atoms in total. The molecule has 1 aliphatic heterocycles. The summed E-state index contributed by atoms with van der Waals surface area (Å²) < 4.78 is 38.6. The molecule has 33 heavy (non-hydrogen) atoms. The molecule has 176 valence electrons. The molecule has 1 atom stereocenters. The van der Waals surface area contributed by atoms with Crippen LogP contribution in [0.3, 0.4) is 0 Å². The number of alkyl halides is 3.